The molecule has 1 fully saturated rings. The first kappa shape index (κ1) is 49.1. The van der Waals surface area contributed by atoms with E-state index in [9.17, 15) is 57.9 Å². The summed E-state index contributed by atoms with van der Waals surface area (Å²) in [6.07, 6.45) is -7.12. The van der Waals surface area contributed by atoms with Gasteiger partial charge in [-0.2, -0.15) is 4.31 Å². The number of anilines is 1. The Hall–Kier alpha value is -3.25. The zero-order valence-corrected chi connectivity index (χ0v) is 33.9. The molecule has 2 aromatic rings. The van der Waals surface area contributed by atoms with Crippen molar-refractivity contribution in [1.29, 1.82) is 0 Å². The van der Waals surface area contributed by atoms with Crippen molar-refractivity contribution in [2.45, 2.75) is 57.0 Å². The molecular weight excluding hydrogens is 867 g/mol. The SMILES string of the molecule is CC(C)(COP(=O)(O)OP(=O)(O)OCC1OC(n2cnc3c(N)ncnc32)C(O)C1OP(=O)(O)O)C(O)C(=O)NCCC(=O)NCCSC(=O)[C@@H](N)CN=C(N)NO. The number of hydrogen-bond acceptors (Lipinski definition) is 21. The molecule has 0 saturated carbocycles. The molecule has 1 saturated heterocycles. The molecular formula is C25H44N11O18P3S. The lowest BCUT2D eigenvalue weighted by molar-refractivity contribution is -0.137. The number of amides is 2. The molecule has 0 aliphatic carbocycles. The molecule has 2 aromatic heterocycles. The number of carbonyl (C=O) groups is 3. The van der Waals surface area contributed by atoms with E-state index in [4.69, 9.17) is 36.2 Å². The van der Waals surface area contributed by atoms with Crippen LogP contribution in [-0.2, 0) is 50.7 Å². The van der Waals surface area contributed by atoms with Crippen molar-refractivity contribution in [3.8, 4) is 0 Å². The molecule has 3 heterocycles. The molecule has 0 spiro atoms. The van der Waals surface area contributed by atoms with E-state index in [0.717, 1.165) is 29.0 Å². The summed E-state index contributed by atoms with van der Waals surface area (Å²) in [5, 5.41) is 34.4. The van der Waals surface area contributed by atoms with Gasteiger partial charge in [0.2, 0.25) is 22.9 Å². The maximum absolute atomic E-state index is 12.7. The number of imidazole rings is 1. The number of rotatable bonds is 22. The molecule has 1 aliphatic heterocycles. The number of carbonyl (C=O) groups excluding carboxylic acids is 3. The number of nitrogen functional groups attached to an aromatic ring is 1. The van der Waals surface area contributed by atoms with Gasteiger partial charge in [-0.1, -0.05) is 25.6 Å². The highest BCUT2D eigenvalue weighted by atomic mass is 32.2. The Bertz CT molecular complexity index is 1940. The summed E-state index contributed by atoms with van der Waals surface area (Å²) < 4.78 is 62.0. The number of ether oxygens (including phenoxy) is 1. The molecule has 16 N–H and O–H groups in total. The van der Waals surface area contributed by atoms with Crippen LogP contribution < -0.4 is 33.3 Å². The van der Waals surface area contributed by atoms with Crippen LogP contribution in [0.4, 0.5) is 5.82 Å². The Morgan fingerprint density at radius 1 is 1.09 bits per heavy atom. The maximum atomic E-state index is 12.7. The zero-order valence-electron chi connectivity index (χ0n) is 30.4. The number of aliphatic hydroxyl groups excluding tert-OH is 2. The first-order valence-corrected chi connectivity index (χ1v) is 21.9. The third-order valence-electron chi connectivity index (χ3n) is 7.62. The first-order valence-electron chi connectivity index (χ1n) is 16.4. The minimum absolute atomic E-state index is 0.0184. The number of nitrogens with two attached hydrogens (primary N) is 3. The molecule has 0 aromatic carbocycles. The molecule has 58 heavy (non-hydrogen) atoms. The van der Waals surface area contributed by atoms with Crippen molar-refractivity contribution in [3.63, 3.8) is 0 Å². The average Bonchev–Trinajstić information content (AvgIpc) is 3.69. The first-order chi connectivity index (χ1) is 26.9. The van der Waals surface area contributed by atoms with Gasteiger partial charge in [0.15, 0.2) is 17.7 Å². The van der Waals surface area contributed by atoms with Gasteiger partial charge in [0.05, 0.1) is 32.1 Å². The van der Waals surface area contributed by atoms with Crippen LogP contribution >= 0.6 is 35.2 Å². The minimum atomic E-state index is -5.59. The highest BCUT2D eigenvalue weighted by Crippen LogP contribution is 2.61. The summed E-state index contributed by atoms with van der Waals surface area (Å²) in [5.74, 6) is -1.78. The van der Waals surface area contributed by atoms with Gasteiger partial charge in [-0.05, 0) is 0 Å². The molecule has 0 bridgehead atoms. The summed E-state index contributed by atoms with van der Waals surface area (Å²) in [4.78, 5) is 91.2. The smallest absolute Gasteiger partial charge is 0.386 e. The van der Waals surface area contributed by atoms with E-state index < -0.39 is 95.7 Å². The van der Waals surface area contributed by atoms with E-state index >= 15 is 0 Å². The van der Waals surface area contributed by atoms with Gasteiger partial charge < -0.3 is 62.4 Å². The summed E-state index contributed by atoms with van der Waals surface area (Å²) in [6, 6.07) is -1.01. The number of hydroxylamine groups is 1. The van der Waals surface area contributed by atoms with Crippen LogP contribution in [0.2, 0.25) is 0 Å². The quantitative estimate of drug-likeness (QED) is 0.0178. The second-order valence-corrected chi connectivity index (χ2v) is 18.0. The van der Waals surface area contributed by atoms with E-state index in [-0.39, 0.29) is 54.7 Å². The average molecular weight is 912 g/mol. The second kappa shape index (κ2) is 20.8. The summed E-state index contributed by atoms with van der Waals surface area (Å²) in [5.41, 5.74) is 16.7. The molecule has 29 nitrogen and oxygen atoms in total. The third kappa shape index (κ3) is 14.8. The summed E-state index contributed by atoms with van der Waals surface area (Å²) in [6.45, 7) is -0.0132. The lowest BCUT2D eigenvalue weighted by Crippen LogP contribution is -2.46. The Balaban J connectivity index is 1.47. The molecule has 8 atom stereocenters. The van der Waals surface area contributed by atoms with Crippen LogP contribution in [0.5, 0.6) is 0 Å². The van der Waals surface area contributed by atoms with E-state index in [2.05, 4.69) is 39.4 Å². The van der Waals surface area contributed by atoms with Crippen LogP contribution in [0.15, 0.2) is 17.6 Å². The Labute approximate surface area is 331 Å². The number of phosphoric ester groups is 3. The van der Waals surface area contributed by atoms with E-state index in [1.54, 1.807) is 5.48 Å². The number of aromatic nitrogens is 4. The van der Waals surface area contributed by atoms with Crippen molar-refractivity contribution in [1.82, 2.24) is 35.6 Å². The van der Waals surface area contributed by atoms with Crippen LogP contribution in [0, 0.1) is 5.41 Å². The van der Waals surface area contributed by atoms with Gasteiger partial charge in [-0.3, -0.25) is 37.7 Å². The van der Waals surface area contributed by atoms with Crippen LogP contribution in [-0.4, -0.2) is 146 Å². The minimum Gasteiger partial charge on any atom is -0.386 e. The normalized spacial score (nSPS) is 22.1. The number of hydrogen-bond donors (Lipinski definition) is 13. The van der Waals surface area contributed by atoms with E-state index in [1.165, 1.54) is 13.8 Å². The largest absolute Gasteiger partial charge is 0.481 e. The Morgan fingerprint density at radius 2 is 1.76 bits per heavy atom. The lowest BCUT2D eigenvalue weighted by atomic mass is 9.87. The fourth-order valence-corrected chi connectivity index (χ4v) is 8.22. The van der Waals surface area contributed by atoms with Crippen molar-refractivity contribution in [3.05, 3.63) is 12.7 Å². The van der Waals surface area contributed by atoms with Gasteiger partial charge in [-0.15, -0.1) is 0 Å². The van der Waals surface area contributed by atoms with Crippen LogP contribution in [0.1, 0.15) is 26.5 Å². The van der Waals surface area contributed by atoms with Gasteiger partial charge in [0.25, 0.3) is 0 Å². The highest BCUT2D eigenvalue weighted by molar-refractivity contribution is 8.13. The monoisotopic (exact) mass is 911 g/mol. The number of aliphatic imine (C=N–C) groups is 1. The van der Waals surface area contributed by atoms with Gasteiger partial charge in [0, 0.05) is 30.7 Å². The van der Waals surface area contributed by atoms with Gasteiger partial charge in [-0.25, -0.2) is 39.1 Å². The predicted molar refractivity (Wildman–Crippen MR) is 196 cm³/mol. The van der Waals surface area contributed by atoms with E-state index in [1.807, 2.05) is 0 Å². The molecule has 3 rings (SSSR count). The molecule has 2 amide bonds. The van der Waals surface area contributed by atoms with Crippen LogP contribution in [0.25, 0.3) is 11.2 Å². The van der Waals surface area contributed by atoms with Gasteiger partial charge in [0.1, 0.15) is 36.3 Å². The fourth-order valence-electron chi connectivity index (χ4n) is 4.70. The second-order valence-electron chi connectivity index (χ2n) is 12.7. The summed E-state index contributed by atoms with van der Waals surface area (Å²) in [7, 11) is -16.5. The standard InChI is InChI=1S/C25H44N11O18P3S/c1-25(2,18(39)21(40)30-4-3-14(37)29-5-6-58-23(41)12(26)7-31-24(28)35-42)9-51-57(48,49)54-56(46,47)50-8-13-17(53-55(43,44)45)16(38)22(52-13)36-11-34-15-19(27)32-10-33-20(15)36/h10-13,16-18,22,38-39,42H,3-9,26H2,1-2H3,(H,29,37)(H,30,40)(H,46,47)(H,48,49)(H2,27,32,33)(H3,28,31,35)(H2,43,44,45)/t12-,13?,16?,17?,18?,22?/m0/s1. The topological polar surface area (TPSA) is 460 Å². The molecule has 328 valence electrons. The van der Waals surface area contributed by atoms with Crippen molar-refractivity contribution >= 4 is 75.1 Å². The van der Waals surface area contributed by atoms with Gasteiger partial charge >= 0.3 is 23.5 Å². The number of fused-ring (bicyclic) bond motifs is 1. The Morgan fingerprint density at radius 3 is 2.41 bits per heavy atom. The number of phosphoric acid groups is 3. The number of guanidine groups is 1. The van der Waals surface area contributed by atoms with Crippen molar-refractivity contribution in [2.75, 3.05) is 44.3 Å². The number of thioether (sulfide) groups is 1. The highest BCUT2D eigenvalue weighted by Gasteiger charge is 2.50. The summed E-state index contributed by atoms with van der Waals surface area (Å²) >= 11 is 0.820. The Kier molecular flexibility index (Phi) is 17.6. The third-order valence-corrected chi connectivity index (χ3v) is 11.7. The predicted octanol–water partition coefficient (Wildman–Crippen LogP) is -3.71. The number of aliphatic hydroxyl groups is 2. The molecule has 1 aliphatic rings. The van der Waals surface area contributed by atoms with Crippen molar-refractivity contribution < 1.29 is 85.7 Å². The maximum Gasteiger partial charge on any atom is 0.481 e. The molecule has 0 radical (unpaired) electrons. The molecule has 33 heteroatoms. The lowest BCUT2D eigenvalue weighted by Gasteiger charge is -2.30. The number of nitrogens with zero attached hydrogens (tertiary/aromatic N) is 5. The van der Waals surface area contributed by atoms with Crippen LogP contribution in [0.3, 0.4) is 0 Å². The van der Waals surface area contributed by atoms with Crippen molar-refractivity contribution in [2.24, 2.45) is 21.9 Å². The molecule has 7 unspecified atom stereocenters. The number of nitrogens with one attached hydrogen (secondary N) is 3. The van der Waals surface area contributed by atoms with E-state index in [0.29, 0.717) is 0 Å². The zero-order chi connectivity index (χ0) is 43.6. The fraction of sp³-hybridized carbons (Fsp3) is 0.640.